The quantitative estimate of drug-likeness (QED) is 0.836. The summed E-state index contributed by atoms with van der Waals surface area (Å²) < 4.78 is 0. The Kier molecular flexibility index (Phi) is 2.70. The first-order chi connectivity index (χ1) is 7.08. The maximum Gasteiger partial charge on any atom is 0.303 e. The summed E-state index contributed by atoms with van der Waals surface area (Å²) in [6, 6.07) is 5.80. The minimum Gasteiger partial charge on any atom is -0.481 e. The van der Waals surface area contributed by atoms with E-state index in [1.54, 1.807) is 0 Å². The number of carbonyl (C=O) groups is 1. The molecule has 2 rings (SSSR count). The number of carboxylic acid groups (broad SMARTS) is 1. The highest BCUT2D eigenvalue weighted by Crippen LogP contribution is 2.43. The summed E-state index contributed by atoms with van der Waals surface area (Å²) in [4.78, 5) is 10.7. The summed E-state index contributed by atoms with van der Waals surface area (Å²) in [5.74, 6) is -0.159. The van der Waals surface area contributed by atoms with Crippen LogP contribution in [0.5, 0.6) is 0 Å². The van der Waals surface area contributed by atoms with Crippen LogP contribution in [0.25, 0.3) is 0 Å². The van der Waals surface area contributed by atoms with Crippen LogP contribution in [-0.4, -0.2) is 11.1 Å². The molecule has 0 heterocycles. The zero-order valence-electron chi connectivity index (χ0n) is 8.53. The number of fused-ring (bicyclic) bond motifs is 1. The molecule has 1 aromatic carbocycles. The van der Waals surface area contributed by atoms with Crippen LogP contribution in [0.15, 0.2) is 18.2 Å². The smallest absolute Gasteiger partial charge is 0.303 e. The van der Waals surface area contributed by atoms with Crippen molar-refractivity contribution in [3.63, 3.8) is 0 Å². The lowest BCUT2D eigenvalue weighted by atomic mass is 9.98. The fraction of sp³-hybridized carbons (Fsp3) is 0.417. The Labute approximate surface area is 93.9 Å². The highest BCUT2D eigenvalue weighted by atomic mass is 35.5. The van der Waals surface area contributed by atoms with Crippen molar-refractivity contribution in [2.75, 3.05) is 0 Å². The van der Waals surface area contributed by atoms with Crippen LogP contribution >= 0.6 is 11.6 Å². The van der Waals surface area contributed by atoms with E-state index in [0.717, 1.165) is 12.0 Å². The lowest BCUT2D eigenvalue weighted by Crippen LogP contribution is -2.03. The van der Waals surface area contributed by atoms with Crippen molar-refractivity contribution in [3.8, 4) is 0 Å². The van der Waals surface area contributed by atoms with Crippen molar-refractivity contribution in [2.24, 2.45) is 0 Å². The summed E-state index contributed by atoms with van der Waals surface area (Å²) in [6.07, 6.45) is 1.12. The molecular weight excluding hydrogens is 212 g/mol. The standard InChI is InChI=1S/C12H13ClO2/c1-7-4-8(5-12(14)15)11-6-9(13)2-3-10(7)11/h2-3,6-8H,4-5H2,1H3,(H,14,15). The van der Waals surface area contributed by atoms with Gasteiger partial charge in [0.2, 0.25) is 0 Å². The van der Waals surface area contributed by atoms with E-state index < -0.39 is 5.97 Å². The van der Waals surface area contributed by atoms with E-state index >= 15 is 0 Å². The van der Waals surface area contributed by atoms with E-state index in [2.05, 4.69) is 6.92 Å². The van der Waals surface area contributed by atoms with Gasteiger partial charge in [-0.3, -0.25) is 4.79 Å². The van der Waals surface area contributed by atoms with Crippen LogP contribution in [0.4, 0.5) is 0 Å². The first-order valence-electron chi connectivity index (χ1n) is 5.09. The normalized spacial score (nSPS) is 23.9. The van der Waals surface area contributed by atoms with E-state index in [1.165, 1.54) is 5.56 Å². The van der Waals surface area contributed by atoms with Crippen LogP contribution in [0.2, 0.25) is 5.02 Å². The summed E-state index contributed by atoms with van der Waals surface area (Å²) in [5, 5.41) is 9.51. The second-order valence-corrected chi connectivity index (χ2v) is 4.64. The summed E-state index contributed by atoms with van der Waals surface area (Å²) in [6.45, 7) is 2.13. The van der Waals surface area contributed by atoms with E-state index in [1.807, 2.05) is 18.2 Å². The van der Waals surface area contributed by atoms with Gasteiger partial charge in [0.1, 0.15) is 0 Å². The molecule has 2 atom stereocenters. The van der Waals surface area contributed by atoms with Crippen molar-refractivity contribution in [2.45, 2.75) is 31.6 Å². The molecule has 1 aliphatic rings. The Morgan fingerprint density at radius 1 is 1.53 bits per heavy atom. The number of rotatable bonds is 2. The van der Waals surface area contributed by atoms with Gasteiger partial charge in [-0.15, -0.1) is 0 Å². The predicted octanol–water partition coefficient (Wildman–Crippen LogP) is 3.41. The topological polar surface area (TPSA) is 37.3 Å². The van der Waals surface area contributed by atoms with Crippen molar-refractivity contribution in [3.05, 3.63) is 34.3 Å². The fourth-order valence-electron chi connectivity index (χ4n) is 2.43. The van der Waals surface area contributed by atoms with E-state index in [4.69, 9.17) is 16.7 Å². The molecule has 0 fully saturated rings. The zero-order valence-corrected chi connectivity index (χ0v) is 9.29. The SMILES string of the molecule is CC1CC(CC(=O)O)c2cc(Cl)ccc21. The average molecular weight is 225 g/mol. The Morgan fingerprint density at radius 2 is 2.27 bits per heavy atom. The molecule has 0 aromatic heterocycles. The van der Waals surface area contributed by atoms with Gasteiger partial charge in [0, 0.05) is 5.02 Å². The van der Waals surface area contributed by atoms with E-state index in [9.17, 15) is 4.79 Å². The largest absolute Gasteiger partial charge is 0.481 e. The number of hydrogen-bond donors (Lipinski definition) is 1. The van der Waals surface area contributed by atoms with Gasteiger partial charge in [0.15, 0.2) is 0 Å². The molecule has 15 heavy (non-hydrogen) atoms. The molecule has 0 amide bonds. The lowest BCUT2D eigenvalue weighted by Gasteiger charge is -2.08. The van der Waals surface area contributed by atoms with Gasteiger partial charge in [0.05, 0.1) is 6.42 Å². The second kappa shape index (κ2) is 3.86. The van der Waals surface area contributed by atoms with Crippen LogP contribution in [0.1, 0.15) is 42.7 Å². The van der Waals surface area contributed by atoms with Crippen molar-refractivity contribution >= 4 is 17.6 Å². The first kappa shape index (κ1) is 10.5. The molecule has 0 bridgehead atoms. The third kappa shape index (κ3) is 2.00. The minimum absolute atomic E-state index is 0.131. The summed E-state index contributed by atoms with van der Waals surface area (Å²) in [7, 11) is 0. The Hall–Kier alpha value is -1.02. The molecule has 0 saturated heterocycles. The molecule has 1 aliphatic carbocycles. The fourth-order valence-corrected chi connectivity index (χ4v) is 2.61. The van der Waals surface area contributed by atoms with Crippen LogP contribution in [-0.2, 0) is 4.79 Å². The minimum atomic E-state index is -0.736. The molecule has 2 nitrogen and oxygen atoms in total. The van der Waals surface area contributed by atoms with Crippen LogP contribution in [0, 0.1) is 0 Å². The van der Waals surface area contributed by atoms with Crippen LogP contribution < -0.4 is 0 Å². The van der Waals surface area contributed by atoms with E-state index in [0.29, 0.717) is 10.9 Å². The van der Waals surface area contributed by atoms with Gasteiger partial charge in [-0.2, -0.15) is 0 Å². The first-order valence-corrected chi connectivity index (χ1v) is 5.47. The molecule has 2 unspecified atom stereocenters. The summed E-state index contributed by atoms with van der Waals surface area (Å²) in [5.41, 5.74) is 2.38. The monoisotopic (exact) mass is 224 g/mol. The van der Waals surface area contributed by atoms with Gasteiger partial charge >= 0.3 is 5.97 Å². The Morgan fingerprint density at radius 3 is 2.93 bits per heavy atom. The van der Waals surface area contributed by atoms with Gasteiger partial charge in [-0.1, -0.05) is 24.6 Å². The maximum atomic E-state index is 10.7. The highest BCUT2D eigenvalue weighted by Gasteiger charge is 2.29. The molecular formula is C12H13ClO2. The second-order valence-electron chi connectivity index (χ2n) is 4.20. The number of carboxylic acids is 1. The van der Waals surface area contributed by atoms with Crippen molar-refractivity contribution in [1.29, 1.82) is 0 Å². The molecule has 0 spiro atoms. The average Bonchev–Trinajstić information content (AvgIpc) is 2.42. The number of benzene rings is 1. The van der Waals surface area contributed by atoms with Crippen LogP contribution in [0.3, 0.4) is 0 Å². The Balaban J connectivity index is 2.35. The number of aliphatic carboxylic acids is 1. The number of hydrogen-bond acceptors (Lipinski definition) is 1. The molecule has 1 N–H and O–H groups in total. The molecule has 80 valence electrons. The third-order valence-electron chi connectivity index (χ3n) is 3.08. The third-order valence-corrected chi connectivity index (χ3v) is 3.31. The molecule has 3 heteroatoms. The molecule has 1 aromatic rings. The Bertz CT molecular complexity index is 401. The van der Waals surface area contributed by atoms with Crippen molar-refractivity contribution < 1.29 is 9.90 Å². The highest BCUT2D eigenvalue weighted by molar-refractivity contribution is 6.30. The summed E-state index contributed by atoms with van der Waals surface area (Å²) >= 11 is 5.93. The van der Waals surface area contributed by atoms with Gasteiger partial charge in [0.25, 0.3) is 0 Å². The molecule has 0 saturated carbocycles. The predicted molar refractivity (Wildman–Crippen MR) is 59.5 cm³/mol. The lowest BCUT2D eigenvalue weighted by molar-refractivity contribution is -0.137. The molecule has 0 aliphatic heterocycles. The number of halogens is 1. The van der Waals surface area contributed by atoms with Gasteiger partial charge < -0.3 is 5.11 Å². The van der Waals surface area contributed by atoms with Crippen molar-refractivity contribution in [1.82, 2.24) is 0 Å². The molecule has 0 radical (unpaired) electrons. The van der Waals surface area contributed by atoms with Gasteiger partial charge in [-0.05, 0) is 41.5 Å². The van der Waals surface area contributed by atoms with Gasteiger partial charge in [-0.25, -0.2) is 0 Å². The maximum absolute atomic E-state index is 10.7. The zero-order chi connectivity index (χ0) is 11.0. The van der Waals surface area contributed by atoms with E-state index in [-0.39, 0.29) is 12.3 Å².